The van der Waals surface area contributed by atoms with Crippen molar-refractivity contribution < 1.29 is 9.18 Å². The Bertz CT molecular complexity index is 695. The van der Waals surface area contributed by atoms with Gasteiger partial charge in [0.15, 0.2) is 0 Å². The topological polar surface area (TPSA) is 51.1 Å². The van der Waals surface area contributed by atoms with Crippen LogP contribution in [0.4, 0.5) is 4.39 Å². The lowest BCUT2D eigenvalue weighted by Gasteiger charge is -2.07. The van der Waals surface area contributed by atoms with Gasteiger partial charge in [0.2, 0.25) is 11.5 Å². The Morgan fingerprint density at radius 3 is 2.71 bits per heavy atom. The van der Waals surface area contributed by atoms with Gasteiger partial charge in [-0.1, -0.05) is 24.3 Å². The summed E-state index contributed by atoms with van der Waals surface area (Å²) in [6.07, 6.45) is 2.28. The summed E-state index contributed by atoms with van der Waals surface area (Å²) in [5.41, 5.74) is 1.29. The van der Waals surface area contributed by atoms with Crippen LogP contribution in [0.1, 0.15) is 17.5 Å². The molecule has 0 saturated carbocycles. The van der Waals surface area contributed by atoms with E-state index in [0.29, 0.717) is 18.5 Å². The number of aromatic nitrogens is 1. The highest BCUT2D eigenvalue weighted by Crippen LogP contribution is 2.08. The van der Waals surface area contributed by atoms with E-state index in [4.69, 9.17) is 0 Å². The third kappa shape index (κ3) is 4.27. The first-order valence-corrected chi connectivity index (χ1v) is 6.72. The lowest BCUT2D eigenvalue weighted by Crippen LogP contribution is -2.24. The lowest BCUT2D eigenvalue weighted by atomic mass is 10.1. The summed E-state index contributed by atoms with van der Waals surface area (Å²) in [6, 6.07) is 9.58. The Balaban J connectivity index is 1.83. The Hall–Kier alpha value is -2.43. The maximum atomic E-state index is 13.4. The molecule has 0 aliphatic heterocycles. The zero-order valence-electron chi connectivity index (χ0n) is 11.8. The van der Waals surface area contributed by atoms with Gasteiger partial charge < -0.3 is 9.88 Å². The molecule has 0 saturated heterocycles. The van der Waals surface area contributed by atoms with Crippen molar-refractivity contribution in [1.29, 1.82) is 0 Å². The van der Waals surface area contributed by atoms with Gasteiger partial charge in [-0.15, -0.1) is 0 Å². The first kappa shape index (κ1) is 15.0. The molecule has 0 bridgehead atoms. The summed E-state index contributed by atoms with van der Waals surface area (Å²) in [7, 11) is 1.66. The number of aryl methyl sites for hydroxylation is 2. The highest BCUT2D eigenvalue weighted by atomic mass is 19.1. The van der Waals surface area contributed by atoms with Crippen molar-refractivity contribution >= 4 is 5.91 Å². The van der Waals surface area contributed by atoms with E-state index in [1.54, 1.807) is 37.5 Å². The lowest BCUT2D eigenvalue weighted by molar-refractivity contribution is -0.121. The number of carbonyl (C=O) groups excluding carboxylic acids is 1. The van der Waals surface area contributed by atoms with Crippen molar-refractivity contribution in [2.45, 2.75) is 19.4 Å². The van der Waals surface area contributed by atoms with Crippen LogP contribution in [-0.4, -0.2) is 10.5 Å². The van der Waals surface area contributed by atoms with E-state index in [1.807, 2.05) is 0 Å². The first-order valence-electron chi connectivity index (χ1n) is 6.72. The Kier molecular flexibility index (Phi) is 4.87. The van der Waals surface area contributed by atoms with Crippen LogP contribution in [-0.2, 0) is 24.8 Å². The minimum absolute atomic E-state index is 0.0929. The zero-order chi connectivity index (χ0) is 15.2. The molecule has 0 unspecified atom stereocenters. The summed E-state index contributed by atoms with van der Waals surface area (Å²) in [5, 5.41) is 2.76. The fourth-order valence-corrected chi connectivity index (χ4v) is 1.99. The summed E-state index contributed by atoms with van der Waals surface area (Å²) in [6.45, 7) is 0.351. The van der Waals surface area contributed by atoms with E-state index in [1.165, 1.54) is 16.7 Å². The van der Waals surface area contributed by atoms with Crippen LogP contribution in [0.2, 0.25) is 0 Å². The molecule has 0 aliphatic carbocycles. The van der Waals surface area contributed by atoms with E-state index in [-0.39, 0.29) is 23.7 Å². The number of pyridine rings is 1. The molecule has 1 N–H and O–H groups in total. The predicted octanol–water partition coefficient (Wildman–Crippen LogP) is 1.77. The maximum Gasteiger partial charge on any atom is 0.250 e. The zero-order valence-corrected chi connectivity index (χ0v) is 11.8. The van der Waals surface area contributed by atoms with E-state index >= 15 is 0 Å². The summed E-state index contributed by atoms with van der Waals surface area (Å²) < 4.78 is 14.9. The molecule has 1 aromatic heterocycles. The van der Waals surface area contributed by atoms with Gasteiger partial charge in [-0.2, -0.15) is 0 Å². The largest absolute Gasteiger partial charge is 0.352 e. The fourth-order valence-electron chi connectivity index (χ4n) is 1.99. The van der Waals surface area contributed by atoms with Crippen LogP contribution in [0, 0.1) is 5.82 Å². The van der Waals surface area contributed by atoms with Crippen LogP contribution in [0.3, 0.4) is 0 Å². The van der Waals surface area contributed by atoms with Gasteiger partial charge in [0.05, 0.1) is 0 Å². The number of carbonyl (C=O) groups is 1. The number of nitrogens with zero attached hydrogens (tertiary/aromatic N) is 1. The SMILES string of the molecule is Cn1cc(CNC(=O)CCc2ccccc2F)ccc1=O. The number of halogens is 1. The highest BCUT2D eigenvalue weighted by Gasteiger charge is 2.05. The maximum absolute atomic E-state index is 13.4. The summed E-state index contributed by atoms with van der Waals surface area (Å²) in [5.74, 6) is -0.435. The molecule has 0 radical (unpaired) electrons. The highest BCUT2D eigenvalue weighted by molar-refractivity contribution is 5.76. The minimum Gasteiger partial charge on any atom is -0.352 e. The van der Waals surface area contributed by atoms with Crippen LogP contribution < -0.4 is 10.9 Å². The van der Waals surface area contributed by atoms with Crippen molar-refractivity contribution in [3.05, 3.63) is 69.9 Å². The molecule has 110 valence electrons. The van der Waals surface area contributed by atoms with Gasteiger partial charge in [0, 0.05) is 32.3 Å². The number of hydrogen-bond donors (Lipinski definition) is 1. The molecule has 4 nitrogen and oxygen atoms in total. The molecule has 1 amide bonds. The van der Waals surface area contributed by atoms with Crippen LogP contribution >= 0.6 is 0 Å². The van der Waals surface area contributed by atoms with E-state index in [0.717, 1.165) is 5.56 Å². The Labute approximate surface area is 122 Å². The van der Waals surface area contributed by atoms with Gasteiger partial charge in [-0.25, -0.2) is 4.39 Å². The third-order valence-corrected chi connectivity index (χ3v) is 3.22. The quantitative estimate of drug-likeness (QED) is 0.911. The van der Waals surface area contributed by atoms with Gasteiger partial charge >= 0.3 is 0 Å². The van der Waals surface area contributed by atoms with Gasteiger partial charge in [0.25, 0.3) is 0 Å². The molecule has 0 spiro atoms. The molecule has 1 heterocycles. The molecule has 0 fully saturated rings. The predicted molar refractivity (Wildman–Crippen MR) is 78.3 cm³/mol. The second-order valence-electron chi connectivity index (χ2n) is 4.85. The van der Waals surface area contributed by atoms with Gasteiger partial charge in [0.1, 0.15) is 5.82 Å². The van der Waals surface area contributed by atoms with Crippen molar-refractivity contribution in [2.24, 2.45) is 7.05 Å². The molecule has 5 heteroatoms. The Morgan fingerprint density at radius 1 is 1.24 bits per heavy atom. The standard InChI is InChI=1S/C16H17FN2O2/c1-19-11-12(6-9-16(19)21)10-18-15(20)8-7-13-4-2-3-5-14(13)17/h2-6,9,11H,7-8,10H2,1H3,(H,18,20). The fraction of sp³-hybridized carbons (Fsp3) is 0.250. The van der Waals surface area contributed by atoms with E-state index in [2.05, 4.69) is 5.32 Å². The molecule has 0 aliphatic rings. The molecule has 2 rings (SSSR count). The number of benzene rings is 1. The third-order valence-electron chi connectivity index (χ3n) is 3.22. The van der Waals surface area contributed by atoms with Crippen LogP contribution in [0.25, 0.3) is 0 Å². The number of amides is 1. The molecule has 1 aromatic carbocycles. The van der Waals surface area contributed by atoms with Crippen LogP contribution in [0.5, 0.6) is 0 Å². The van der Waals surface area contributed by atoms with Gasteiger partial charge in [-0.3, -0.25) is 9.59 Å². The molecule has 2 aromatic rings. The second-order valence-corrected chi connectivity index (χ2v) is 4.85. The van der Waals surface area contributed by atoms with Crippen molar-refractivity contribution in [3.63, 3.8) is 0 Å². The van der Waals surface area contributed by atoms with E-state index in [9.17, 15) is 14.0 Å². The number of rotatable bonds is 5. The normalized spacial score (nSPS) is 10.4. The number of nitrogens with one attached hydrogen (secondary N) is 1. The molecular formula is C16H17FN2O2. The smallest absolute Gasteiger partial charge is 0.250 e. The number of hydrogen-bond acceptors (Lipinski definition) is 2. The Morgan fingerprint density at radius 2 is 2.00 bits per heavy atom. The second kappa shape index (κ2) is 6.83. The van der Waals surface area contributed by atoms with Crippen molar-refractivity contribution in [3.8, 4) is 0 Å². The summed E-state index contributed by atoms with van der Waals surface area (Å²) in [4.78, 5) is 23.0. The first-order chi connectivity index (χ1) is 10.1. The summed E-state index contributed by atoms with van der Waals surface area (Å²) >= 11 is 0. The molecule has 21 heavy (non-hydrogen) atoms. The average molecular weight is 288 g/mol. The average Bonchev–Trinajstić information content (AvgIpc) is 2.47. The molecule has 0 atom stereocenters. The van der Waals surface area contributed by atoms with Crippen molar-refractivity contribution in [1.82, 2.24) is 9.88 Å². The van der Waals surface area contributed by atoms with Gasteiger partial charge in [-0.05, 0) is 23.6 Å². The van der Waals surface area contributed by atoms with Crippen LogP contribution in [0.15, 0.2) is 47.4 Å². The minimum atomic E-state index is -0.289. The van der Waals surface area contributed by atoms with E-state index < -0.39 is 0 Å². The molecular weight excluding hydrogens is 271 g/mol. The monoisotopic (exact) mass is 288 g/mol. The van der Waals surface area contributed by atoms with Crippen molar-refractivity contribution in [2.75, 3.05) is 0 Å².